The van der Waals surface area contributed by atoms with E-state index in [1.54, 1.807) is 6.08 Å². The normalized spacial score (nSPS) is 21.0. The third-order valence-electron chi connectivity index (χ3n) is 5.30. The van der Waals surface area contributed by atoms with Crippen LogP contribution in [0.3, 0.4) is 0 Å². The third kappa shape index (κ3) is 5.22. The molecule has 24 heavy (non-hydrogen) atoms. The number of Topliss-reactive ketones (excluding diaryl/α,β-unsaturated/α-hetero) is 1. The van der Waals surface area contributed by atoms with Crippen molar-refractivity contribution in [2.75, 3.05) is 7.11 Å². The van der Waals surface area contributed by atoms with E-state index < -0.39 is 5.97 Å². The number of ether oxygens (including phenoxy) is 1. The van der Waals surface area contributed by atoms with E-state index in [1.165, 1.54) is 78.2 Å². The van der Waals surface area contributed by atoms with Crippen LogP contribution in [0.2, 0.25) is 0 Å². The van der Waals surface area contributed by atoms with Crippen LogP contribution in [-0.4, -0.2) is 35.8 Å². The van der Waals surface area contributed by atoms with Crippen molar-refractivity contribution >= 4 is 11.8 Å². The molecule has 2 aliphatic rings. The van der Waals surface area contributed by atoms with Crippen LogP contribution in [0.15, 0.2) is 23.9 Å². The molecule has 0 aromatic rings. The van der Waals surface area contributed by atoms with Crippen LogP contribution in [0.4, 0.5) is 0 Å². The molecular formula is C20H31NO3. The van der Waals surface area contributed by atoms with Gasteiger partial charge in [0.2, 0.25) is 0 Å². The van der Waals surface area contributed by atoms with E-state index in [-0.39, 0.29) is 11.4 Å². The molecule has 0 aromatic heterocycles. The summed E-state index contributed by atoms with van der Waals surface area (Å²) in [6, 6.07) is 1.20. The lowest BCUT2D eigenvalue weighted by Gasteiger charge is -2.41. The van der Waals surface area contributed by atoms with Gasteiger partial charge in [0.05, 0.1) is 7.11 Å². The first-order valence-electron chi connectivity index (χ1n) is 9.38. The number of hydrogen-bond donors (Lipinski definition) is 0. The Morgan fingerprint density at radius 1 is 0.917 bits per heavy atom. The zero-order chi connectivity index (χ0) is 17.4. The van der Waals surface area contributed by atoms with Crippen molar-refractivity contribution in [3.63, 3.8) is 0 Å². The lowest BCUT2D eigenvalue weighted by atomic mass is 9.89. The molecule has 0 aliphatic heterocycles. The first-order chi connectivity index (χ1) is 11.6. The minimum Gasteiger partial charge on any atom is -0.465 e. The van der Waals surface area contributed by atoms with Crippen LogP contribution in [0.5, 0.6) is 0 Å². The van der Waals surface area contributed by atoms with Crippen molar-refractivity contribution in [2.45, 2.75) is 83.2 Å². The fraction of sp³-hybridized carbons (Fsp3) is 0.700. The zero-order valence-electron chi connectivity index (χ0n) is 15.1. The van der Waals surface area contributed by atoms with Gasteiger partial charge in [0.1, 0.15) is 5.57 Å². The highest BCUT2D eigenvalue weighted by molar-refractivity contribution is 6.16. The molecule has 4 nitrogen and oxygen atoms in total. The summed E-state index contributed by atoms with van der Waals surface area (Å²) in [5, 5.41) is 0. The van der Waals surface area contributed by atoms with E-state index in [0.717, 1.165) is 0 Å². The minimum atomic E-state index is -0.561. The van der Waals surface area contributed by atoms with Crippen LogP contribution >= 0.6 is 0 Å². The molecule has 0 N–H and O–H groups in total. The molecule has 0 atom stereocenters. The van der Waals surface area contributed by atoms with Gasteiger partial charge in [0, 0.05) is 12.1 Å². The Kier molecular flexibility index (Phi) is 7.54. The molecule has 0 unspecified atom stereocenters. The fourth-order valence-corrected chi connectivity index (χ4v) is 3.98. The van der Waals surface area contributed by atoms with Gasteiger partial charge >= 0.3 is 5.97 Å². The Balaban J connectivity index is 2.13. The number of carbonyl (C=O) groups excluding carboxylic acids is 2. The van der Waals surface area contributed by atoms with Crippen LogP contribution < -0.4 is 0 Å². The van der Waals surface area contributed by atoms with Gasteiger partial charge in [-0.25, -0.2) is 4.79 Å². The minimum absolute atomic E-state index is 0.112. The summed E-state index contributed by atoms with van der Waals surface area (Å²) in [7, 11) is 1.30. The van der Waals surface area contributed by atoms with E-state index in [9.17, 15) is 9.59 Å². The topological polar surface area (TPSA) is 46.6 Å². The molecule has 2 saturated carbocycles. The zero-order valence-corrected chi connectivity index (χ0v) is 15.1. The fourth-order valence-electron chi connectivity index (χ4n) is 3.98. The van der Waals surface area contributed by atoms with Crippen LogP contribution in [0.1, 0.15) is 71.1 Å². The van der Waals surface area contributed by atoms with Gasteiger partial charge in [0.15, 0.2) is 5.78 Å². The summed E-state index contributed by atoms with van der Waals surface area (Å²) in [5.41, 5.74) is 0.112. The van der Waals surface area contributed by atoms with Crippen molar-refractivity contribution in [1.82, 2.24) is 4.90 Å². The maximum atomic E-state index is 11.7. The Morgan fingerprint density at radius 2 is 1.42 bits per heavy atom. The molecule has 0 radical (unpaired) electrons. The Labute approximate surface area is 145 Å². The molecule has 4 heteroatoms. The molecular weight excluding hydrogens is 302 g/mol. The molecule has 0 heterocycles. The lowest BCUT2D eigenvalue weighted by Crippen LogP contribution is -2.41. The molecule has 2 aliphatic carbocycles. The van der Waals surface area contributed by atoms with Crippen LogP contribution in [0.25, 0.3) is 0 Å². The second-order valence-electron chi connectivity index (χ2n) is 7.00. The standard InChI is InChI=1S/C20H31NO3/c1-16(22)19(20(23)24-2)14-9-15-21(17-10-5-3-6-11-17)18-12-7-4-8-13-18/h9,14-15,17-18H,3-8,10-13H2,1-2H3/b15-9+,19-14-. The monoisotopic (exact) mass is 333 g/mol. The summed E-state index contributed by atoms with van der Waals surface area (Å²) >= 11 is 0. The molecule has 0 aromatic carbocycles. The number of allylic oxidation sites excluding steroid dienone is 2. The summed E-state index contributed by atoms with van der Waals surface area (Å²) in [4.78, 5) is 25.8. The predicted molar refractivity (Wildman–Crippen MR) is 95.5 cm³/mol. The average molecular weight is 333 g/mol. The third-order valence-corrected chi connectivity index (χ3v) is 5.30. The van der Waals surface area contributed by atoms with Crippen molar-refractivity contribution in [2.24, 2.45) is 0 Å². The van der Waals surface area contributed by atoms with Gasteiger partial charge in [-0.1, -0.05) is 38.5 Å². The van der Waals surface area contributed by atoms with E-state index >= 15 is 0 Å². The highest BCUT2D eigenvalue weighted by Crippen LogP contribution is 2.30. The Hall–Kier alpha value is -1.58. The molecule has 0 amide bonds. The number of esters is 1. The van der Waals surface area contributed by atoms with E-state index in [4.69, 9.17) is 0 Å². The molecule has 0 spiro atoms. The SMILES string of the molecule is COC(=O)/C(=C\C=C\N(C1CCCCC1)C1CCCCC1)C(C)=O. The van der Waals surface area contributed by atoms with Gasteiger partial charge in [-0.2, -0.15) is 0 Å². The molecule has 0 bridgehead atoms. The number of rotatable bonds is 6. The smallest absolute Gasteiger partial charge is 0.341 e. The van der Waals surface area contributed by atoms with E-state index in [2.05, 4.69) is 15.8 Å². The first kappa shape index (κ1) is 18.8. The van der Waals surface area contributed by atoms with Gasteiger partial charge in [-0.05, 0) is 51.0 Å². The number of nitrogens with zero attached hydrogens (tertiary/aromatic N) is 1. The van der Waals surface area contributed by atoms with Gasteiger partial charge in [-0.3, -0.25) is 4.79 Å². The maximum absolute atomic E-state index is 11.7. The largest absolute Gasteiger partial charge is 0.465 e. The number of hydrogen-bond acceptors (Lipinski definition) is 4. The second-order valence-corrected chi connectivity index (χ2v) is 7.00. The van der Waals surface area contributed by atoms with E-state index in [1.807, 2.05) is 6.08 Å². The first-order valence-corrected chi connectivity index (χ1v) is 9.38. The Morgan fingerprint density at radius 3 is 1.83 bits per heavy atom. The molecule has 2 rings (SSSR count). The second kappa shape index (κ2) is 9.65. The van der Waals surface area contributed by atoms with Crippen molar-refractivity contribution in [1.29, 1.82) is 0 Å². The Bertz CT molecular complexity index is 465. The lowest BCUT2D eigenvalue weighted by molar-refractivity contribution is -0.137. The van der Waals surface area contributed by atoms with E-state index in [0.29, 0.717) is 12.1 Å². The molecule has 134 valence electrons. The number of carbonyl (C=O) groups is 2. The quantitative estimate of drug-likeness (QED) is 0.241. The van der Waals surface area contributed by atoms with Crippen molar-refractivity contribution < 1.29 is 14.3 Å². The molecule has 2 fully saturated rings. The summed E-state index contributed by atoms with van der Waals surface area (Å²) in [6.45, 7) is 1.40. The molecule has 0 saturated heterocycles. The van der Waals surface area contributed by atoms with Crippen LogP contribution in [0, 0.1) is 0 Å². The van der Waals surface area contributed by atoms with Crippen molar-refractivity contribution in [3.8, 4) is 0 Å². The highest BCUT2D eigenvalue weighted by Gasteiger charge is 2.26. The van der Waals surface area contributed by atoms with Crippen molar-refractivity contribution in [3.05, 3.63) is 23.9 Å². The van der Waals surface area contributed by atoms with Gasteiger partial charge in [-0.15, -0.1) is 0 Å². The number of methoxy groups -OCH3 is 1. The number of ketones is 1. The maximum Gasteiger partial charge on any atom is 0.341 e. The summed E-state index contributed by atoms with van der Waals surface area (Å²) < 4.78 is 4.69. The van der Waals surface area contributed by atoms with Gasteiger partial charge in [0.25, 0.3) is 0 Å². The summed E-state index contributed by atoms with van der Waals surface area (Å²) in [6.07, 6.45) is 18.5. The predicted octanol–water partition coefficient (Wildman–Crippen LogP) is 4.16. The van der Waals surface area contributed by atoms with Gasteiger partial charge < -0.3 is 9.64 Å². The summed E-state index contributed by atoms with van der Waals surface area (Å²) in [5.74, 6) is -0.817. The average Bonchev–Trinajstić information content (AvgIpc) is 2.62. The highest BCUT2D eigenvalue weighted by atomic mass is 16.5. The van der Waals surface area contributed by atoms with Crippen LogP contribution in [-0.2, 0) is 14.3 Å².